The van der Waals surface area contributed by atoms with Gasteiger partial charge in [-0.25, -0.2) is 0 Å². The highest BCUT2D eigenvalue weighted by molar-refractivity contribution is 9.10. The minimum Gasteiger partial charge on any atom is -0.320 e. The maximum atomic E-state index is 12.0. The zero-order valence-electron chi connectivity index (χ0n) is 9.11. The third-order valence-electron chi connectivity index (χ3n) is 2.22. The zero-order chi connectivity index (χ0) is 12.3. The molecule has 0 saturated heterocycles. The molecule has 17 heavy (non-hydrogen) atoms. The van der Waals surface area contributed by atoms with Crippen LogP contribution in [0.1, 0.15) is 22.3 Å². The van der Waals surface area contributed by atoms with Gasteiger partial charge in [0.1, 0.15) is 4.88 Å². The zero-order valence-corrected chi connectivity index (χ0v) is 11.5. The molecule has 0 radical (unpaired) electrons. The fourth-order valence-corrected chi connectivity index (χ4v) is 2.38. The maximum absolute atomic E-state index is 12.0. The van der Waals surface area contributed by atoms with E-state index in [1.165, 1.54) is 0 Å². The van der Waals surface area contributed by atoms with E-state index in [-0.39, 0.29) is 5.91 Å². The van der Waals surface area contributed by atoms with Gasteiger partial charge in [-0.1, -0.05) is 23.5 Å². The Morgan fingerprint density at radius 3 is 2.94 bits per heavy atom. The molecule has 4 nitrogen and oxygen atoms in total. The predicted molar refractivity (Wildman–Crippen MR) is 71.4 cm³/mol. The topological polar surface area (TPSA) is 54.9 Å². The number of nitrogens with zero attached hydrogens (tertiary/aromatic N) is 2. The van der Waals surface area contributed by atoms with Crippen molar-refractivity contribution in [1.29, 1.82) is 0 Å². The molecular formula is C11H10BrN3OS. The standard InChI is InChI=1S/C11H10BrN3OS/c1-2-8-10(17-15-14-8)11(16)13-9-6-4-3-5-7(9)12/h3-6H,2H2,1H3,(H,13,16). The van der Waals surface area contributed by atoms with Gasteiger partial charge in [-0.3, -0.25) is 4.79 Å². The van der Waals surface area contributed by atoms with E-state index >= 15 is 0 Å². The van der Waals surface area contributed by atoms with E-state index in [1.807, 2.05) is 31.2 Å². The van der Waals surface area contributed by atoms with Crippen LogP contribution < -0.4 is 5.32 Å². The summed E-state index contributed by atoms with van der Waals surface area (Å²) in [4.78, 5) is 12.6. The lowest BCUT2D eigenvalue weighted by Gasteiger charge is -2.05. The summed E-state index contributed by atoms with van der Waals surface area (Å²) < 4.78 is 4.65. The second kappa shape index (κ2) is 5.37. The fraction of sp³-hybridized carbons (Fsp3) is 0.182. The Morgan fingerprint density at radius 1 is 1.47 bits per heavy atom. The molecule has 1 aromatic heterocycles. The second-order valence-corrected chi connectivity index (χ2v) is 4.94. The van der Waals surface area contributed by atoms with E-state index in [2.05, 4.69) is 30.8 Å². The highest BCUT2D eigenvalue weighted by atomic mass is 79.9. The number of aryl methyl sites for hydroxylation is 1. The van der Waals surface area contributed by atoms with Gasteiger partial charge in [-0.05, 0) is 46.0 Å². The third-order valence-corrected chi connectivity index (χ3v) is 3.68. The number of nitrogens with one attached hydrogen (secondary N) is 1. The highest BCUT2D eigenvalue weighted by Crippen LogP contribution is 2.22. The van der Waals surface area contributed by atoms with E-state index in [9.17, 15) is 4.79 Å². The van der Waals surface area contributed by atoms with E-state index in [0.717, 1.165) is 27.4 Å². The summed E-state index contributed by atoms with van der Waals surface area (Å²) >= 11 is 4.50. The van der Waals surface area contributed by atoms with E-state index < -0.39 is 0 Å². The molecule has 0 aliphatic carbocycles. The lowest BCUT2D eigenvalue weighted by molar-refractivity contribution is 0.102. The molecule has 6 heteroatoms. The van der Waals surface area contributed by atoms with Crippen LogP contribution in [0.25, 0.3) is 0 Å². The van der Waals surface area contributed by atoms with Gasteiger partial charge in [0.25, 0.3) is 5.91 Å². The third kappa shape index (κ3) is 2.70. The number of benzene rings is 1. The van der Waals surface area contributed by atoms with Crippen LogP contribution in [-0.4, -0.2) is 15.5 Å². The maximum Gasteiger partial charge on any atom is 0.269 e. The Bertz CT molecular complexity index is 541. The molecule has 1 N–H and O–H groups in total. The number of rotatable bonds is 3. The Morgan fingerprint density at radius 2 is 2.24 bits per heavy atom. The number of aromatic nitrogens is 2. The highest BCUT2D eigenvalue weighted by Gasteiger charge is 2.15. The van der Waals surface area contributed by atoms with Gasteiger partial charge >= 0.3 is 0 Å². The van der Waals surface area contributed by atoms with Gasteiger partial charge in [-0.15, -0.1) is 5.10 Å². The molecular weight excluding hydrogens is 302 g/mol. The van der Waals surface area contributed by atoms with Crippen LogP contribution in [-0.2, 0) is 6.42 Å². The molecule has 0 aliphatic heterocycles. The summed E-state index contributed by atoms with van der Waals surface area (Å²) in [6.07, 6.45) is 0.704. The quantitative estimate of drug-likeness (QED) is 0.947. The number of anilines is 1. The molecule has 88 valence electrons. The van der Waals surface area contributed by atoms with Gasteiger partial charge in [0, 0.05) is 4.47 Å². The van der Waals surface area contributed by atoms with Crippen molar-refractivity contribution in [2.24, 2.45) is 0 Å². The Labute approximate surface area is 111 Å². The number of para-hydroxylation sites is 1. The average molecular weight is 312 g/mol. The van der Waals surface area contributed by atoms with Crippen LogP contribution in [0, 0.1) is 0 Å². The lowest BCUT2D eigenvalue weighted by atomic mass is 10.2. The summed E-state index contributed by atoms with van der Waals surface area (Å²) in [5.74, 6) is -0.163. The van der Waals surface area contributed by atoms with E-state index in [4.69, 9.17) is 0 Å². The number of halogens is 1. The first-order valence-electron chi connectivity index (χ1n) is 5.09. The summed E-state index contributed by atoms with van der Waals surface area (Å²) in [6.45, 7) is 1.95. The Hall–Kier alpha value is -1.27. The molecule has 2 aromatic rings. The van der Waals surface area contributed by atoms with Gasteiger partial charge in [0.2, 0.25) is 0 Å². The first-order valence-corrected chi connectivity index (χ1v) is 6.66. The van der Waals surface area contributed by atoms with Crippen molar-refractivity contribution in [3.63, 3.8) is 0 Å². The van der Waals surface area contributed by atoms with Crippen molar-refractivity contribution in [2.45, 2.75) is 13.3 Å². The summed E-state index contributed by atoms with van der Waals surface area (Å²) in [5, 5.41) is 6.75. The van der Waals surface area contributed by atoms with Crippen molar-refractivity contribution in [1.82, 2.24) is 9.59 Å². The average Bonchev–Trinajstić information content (AvgIpc) is 2.80. The van der Waals surface area contributed by atoms with Crippen molar-refractivity contribution in [2.75, 3.05) is 5.32 Å². The van der Waals surface area contributed by atoms with Crippen molar-refractivity contribution < 1.29 is 4.79 Å². The first-order chi connectivity index (χ1) is 8.22. The van der Waals surface area contributed by atoms with Crippen molar-refractivity contribution in [3.8, 4) is 0 Å². The molecule has 0 bridgehead atoms. The SMILES string of the molecule is CCc1nnsc1C(=O)Nc1ccccc1Br. The number of hydrogen-bond acceptors (Lipinski definition) is 4. The lowest BCUT2D eigenvalue weighted by Crippen LogP contribution is -2.12. The minimum absolute atomic E-state index is 0.163. The normalized spacial score (nSPS) is 10.2. The van der Waals surface area contributed by atoms with Crippen LogP contribution in [0.5, 0.6) is 0 Å². The summed E-state index contributed by atoms with van der Waals surface area (Å²) in [6, 6.07) is 7.47. The number of carbonyl (C=O) groups excluding carboxylic acids is 1. The number of carbonyl (C=O) groups is 1. The molecule has 0 atom stereocenters. The van der Waals surface area contributed by atoms with Gasteiger partial charge < -0.3 is 5.32 Å². The van der Waals surface area contributed by atoms with E-state index in [1.54, 1.807) is 0 Å². The predicted octanol–water partition coefficient (Wildman–Crippen LogP) is 3.12. The van der Waals surface area contributed by atoms with Gasteiger partial charge in [0.15, 0.2) is 0 Å². The first kappa shape index (κ1) is 12.2. The molecule has 2 rings (SSSR count). The van der Waals surface area contributed by atoms with E-state index in [0.29, 0.717) is 11.3 Å². The molecule has 1 aromatic carbocycles. The number of hydrogen-bond donors (Lipinski definition) is 1. The van der Waals surface area contributed by atoms with Crippen molar-refractivity contribution >= 4 is 39.1 Å². The van der Waals surface area contributed by atoms with Crippen LogP contribution in [0.15, 0.2) is 28.7 Å². The molecule has 0 unspecified atom stereocenters. The Kier molecular flexibility index (Phi) is 3.86. The fourth-order valence-electron chi connectivity index (χ4n) is 1.35. The number of amides is 1. The minimum atomic E-state index is -0.163. The molecule has 0 aliphatic rings. The monoisotopic (exact) mass is 311 g/mol. The van der Waals surface area contributed by atoms with Gasteiger partial charge in [0.05, 0.1) is 11.4 Å². The molecule has 1 heterocycles. The second-order valence-electron chi connectivity index (χ2n) is 3.34. The summed E-state index contributed by atoms with van der Waals surface area (Å²) in [5.41, 5.74) is 1.48. The molecule has 1 amide bonds. The molecule has 0 spiro atoms. The van der Waals surface area contributed by atoms with Crippen LogP contribution in [0.2, 0.25) is 0 Å². The van der Waals surface area contributed by atoms with Crippen molar-refractivity contribution in [3.05, 3.63) is 39.3 Å². The summed E-state index contributed by atoms with van der Waals surface area (Å²) in [7, 11) is 0. The van der Waals surface area contributed by atoms with Gasteiger partial charge in [-0.2, -0.15) is 0 Å². The Balaban J connectivity index is 2.20. The smallest absolute Gasteiger partial charge is 0.269 e. The molecule has 0 fully saturated rings. The molecule has 0 saturated carbocycles. The van der Waals surface area contributed by atoms with Crippen LogP contribution >= 0.6 is 27.5 Å². The van der Waals surface area contributed by atoms with Crippen LogP contribution in [0.3, 0.4) is 0 Å². The largest absolute Gasteiger partial charge is 0.320 e. The van der Waals surface area contributed by atoms with Crippen LogP contribution in [0.4, 0.5) is 5.69 Å².